The lowest BCUT2D eigenvalue weighted by Gasteiger charge is -2.26. The van der Waals surface area contributed by atoms with Crippen molar-refractivity contribution in [3.8, 4) is 11.5 Å². The molecule has 1 aliphatic heterocycles. The van der Waals surface area contributed by atoms with Crippen LogP contribution in [-0.4, -0.2) is 43.1 Å². The summed E-state index contributed by atoms with van der Waals surface area (Å²) >= 11 is 0. The molecule has 1 N–H and O–H groups in total. The minimum absolute atomic E-state index is 0.0349. The van der Waals surface area contributed by atoms with Crippen LogP contribution < -0.4 is 14.4 Å². The van der Waals surface area contributed by atoms with Gasteiger partial charge in [0.15, 0.2) is 0 Å². The third kappa shape index (κ3) is 4.98. The molecule has 1 amide bonds. The molecule has 4 rings (SSSR count). The van der Waals surface area contributed by atoms with Gasteiger partial charge in [-0.15, -0.1) is 0 Å². The van der Waals surface area contributed by atoms with E-state index in [1.807, 2.05) is 20.8 Å². The van der Waals surface area contributed by atoms with E-state index in [1.165, 1.54) is 25.2 Å². The number of methoxy groups -OCH3 is 2. The number of aryl methyl sites for hydroxylation is 1. The Balaban J connectivity index is 1.91. The molecule has 1 fully saturated rings. The molecule has 1 unspecified atom stereocenters. The lowest BCUT2D eigenvalue weighted by atomic mass is 9.94. The Morgan fingerprint density at radius 3 is 2.34 bits per heavy atom. The number of benzene rings is 3. The molecular weight excluding hydrogens is 486 g/mol. The second kappa shape index (κ2) is 10.8. The molecule has 3 aromatic carbocycles. The largest absolute Gasteiger partial charge is 0.507 e. The smallest absolute Gasteiger partial charge is 0.337 e. The average molecular weight is 516 g/mol. The van der Waals surface area contributed by atoms with Gasteiger partial charge in [-0.3, -0.25) is 14.5 Å². The van der Waals surface area contributed by atoms with Crippen molar-refractivity contribution in [1.82, 2.24) is 0 Å². The zero-order valence-electron chi connectivity index (χ0n) is 21.8. The first-order valence-corrected chi connectivity index (χ1v) is 12.1. The molecule has 1 saturated heterocycles. The van der Waals surface area contributed by atoms with Crippen molar-refractivity contribution in [3.63, 3.8) is 0 Å². The number of rotatable bonds is 7. The van der Waals surface area contributed by atoms with Crippen molar-refractivity contribution in [2.24, 2.45) is 0 Å². The van der Waals surface area contributed by atoms with E-state index in [0.717, 1.165) is 5.56 Å². The summed E-state index contributed by atoms with van der Waals surface area (Å²) in [5.74, 6) is -1.41. The molecule has 1 aliphatic rings. The molecular formula is C30H29NO7. The van der Waals surface area contributed by atoms with Crippen molar-refractivity contribution in [2.45, 2.75) is 32.9 Å². The summed E-state index contributed by atoms with van der Waals surface area (Å²) in [4.78, 5) is 40.4. The van der Waals surface area contributed by atoms with E-state index >= 15 is 0 Å². The van der Waals surface area contributed by atoms with Gasteiger partial charge in [0.1, 0.15) is 17.3 Å². The van der Waals surface area contributed by atoms with Gasteiger partial charge in [-0.25, -0.2) is 4.79 Å². The molecule has 38 heavy (non-hydrogen) atoms. The zero-order valence-corrected chi connectivity index (χ0v) is 21.8. The molecule has 0 aliphatic carbocycles. The zero-order chi connectivity index (χ0) is 27.6. The number of carbonyl (C=O) groups excluding carboxylic acids is 3. The monoisotopic (exact) mass is 515 g/mol. The van der Waals surface area contributed by atoms with E-state index in [0.29, 0.717) is 28.3 Å². The number of ketones is 1. The summed E-state index contributed by atoms with van der Waals surface area (Å²) in [6, 6.07) is 17.3. The maximum atomic E-state index is 13.5. The number of anilines is 1. The van der Waals surface area contributed by atoms with Gasteiger partial charge in [0.25, 0.3) is 11.7 Å². The number of ether oxygens (including phenoxy) is 3. The number of hydrogen-bond donors (Lipinski definition) is 1. The maximum absolute atomic E-state index is 13.5. The molecule has 0 aromatic heterocycles. The van der Waals surface area contributed by atoms with E-state index in [9.17, 15) is 19.5 Å². The van der Waals surface area contributed by atoms with Crippen LogP contribution in [0.5, 0.6) is 11.5 Å². The predicted octanol–water partition coefficient (Wildman–Crippen LogP) is 5.20. The Bertz CT molecular complexity index is 1440. The fourth-order valence-corrected chi connectivity index (χ4v) is 4.46. The Morgan fingerprint density at radius 2 is 1.68 bits per heavy atom. The Kier molecular flexibility index (Phi) is 7.52. The first-order valence-electron chi connectivity index (χ1n) is 12.1. The first kappa shape index (κ1) is 26.5. The van der Waals surface area contributed by atoms with E-state index in [-0.39, 0.29) is 23.0 Å². The average Bonchev–Trinajstić information content (AvgIpc) is 3.18. The SMILES string of the molecule is COC(=O)c1cccc(N2C(=O)C(=O)/C(=C(/O)c3ccc(OC(C)C)c(C)c3)C2c2cccc(OC)c2)c1. The van der Waals surface area contributed by atoms with Gasteiger partial charge in [-0.05, 0) is 80.4 Å². The molecule has 1 heterocycles. The number of esters is 1. The number of carbonyl (C=O) groups is 3. The van der Waals surface area contributed by atoms with Crippen LogP contribution in [-0.2, 0) is 14.3 Å². The highest BCUT2D eigenvalue weighted by Gasteiger charge is 2.47. The van der Waals surface area contributed by atoms with Gasteiger partial charge < -0.3 is 19.3 Å². The summed E-state index contributed by atoms with van der Waals surface area (Å²) < 4.78 is 16.0. The van der Waals surface area contributed by atoms with E-state index in [1.54, 1.807) is 60.7 Å². The van der Waals surface area contributed by atoms with E-state index in [2.05, 4.69) is 0 Å². The van der Waals surface area contributed by atoms with Crippen LogP contribution >= 0.6 is 0 Å². The molecule has 8 nitrogen and oxygen atoms in total. The van der Waals surface area contributed by atoms with Crippen molar-refractivity contribution < 1.29 is 33.7 Å². The fourth-order valence-electron chi connectivity index (χ4n) is 4.46. The maximum Gasteiger partial charge on any atom is 0.337 e. The Morgan fingerprint density at radius 1 is 0.947 bits per heavy atom. The minimum atomic E-state index is -0.982. The fraction of sp³-hybridized carbons (Fsp3) is 0.233. The van der Waals surface area contributed by atoms with Gasteiger partial charge in [0.05, 0.1) is 37.5 Å². The van der Waals surface area contributed by atoms with Crippen LogP contribution in [0.25, 0.3) is 5.76 Å². The number of aliphatic hydroxyl groups is 1. The van der Waals surface area contributed by atoms with Crippen molar-refractivity contribution >= 4 is 29.1 Å². The molecule has 0 bridgehead atoms. The second-order valence-corrected chi connectivity index (χ2v) is 9.13. The molecule has 0 radical (unpaired) electrons. The highest BCUT2D eigenvalue weighted by atomic mass is 16.5. The van der Waals surface area contributed by atoms with Gasteiger partial charge in [0, 0.05) is 11.3 Å². The number of Topliss-reactive ketones (excluding diaryl/α,β-unsaturated/α-hetero) is 1. The molecule has 0 saturated carbocycles. The van der Waals surface area contributed by atoms with Crippen LogP contribution in [0, 0.1) is 6.92 Å². The molecule has 1 atom stereocenters. The third-order valence-corrected chi connectivity index (χ3v) is 6.21. The number of hydrogen-bond acceptors (Lipinski definition) is 7. The predicted molar refractivity (Wildman–Crippen MR) is 143 cm³/mol. The van der Waals surface area contributed by atoms with Crippen LogP contribution in [0.3, 0.4) is 0 Å². The highest BCUT2D eigenvalue weighted by molar-refractivity contribution is 6.51. The topological polar surface area (TPSA) is 102 Å². The molecule has 196 valence electrons. The summed E-state index contributed by atoms with van der Waals surface area (Å²) in [6.45, 7) is 5.67. The van der Waals surface area contributed by atoms with Crippen LogP contribution in [0.15, 0.2) is 72.3 Å². The van der Waals surface area contributed by atoms with Crippen LogP contribution in [0.2, 0.25) is 0 Å². The quantitative estimate of drug-likeness (QED) is 0.200. The lowest BCUT2D eigenvalue weighted by Crippen LogP contribution is -2.29. The van der Waals surface area contributed by atoms with Crippen molar-refractivity contribution in [3.05, 3.63) is 94.6 Å². The van der Waals surface area contributed by atoms with Gasteiger partial charge in [-0.2, -0.15) is 0 Å². The van der Waals surface area contributed by atoms with Crippen molar-refractivity contribution in [2.75, 3.05) is 19.1 Å². The number of aliphatic hydroxyl groups excluding tert-OH is 1. The Labute approximate surface area is 221 Å². The first-order chi connectivity index (χ1) is 18.2. The third-order valence-electron chi connectivity index (χ3n) is 6.21. The molecule has 0 spiro atoms. The van der Waals surface area contributed by atoms with E-state index < -0.39 is 23.7 Å². The molecule has 3 aromatic rings. The molecule has 8 heteroatoms. The number of nitrogens with zero attached hydrogens (tertiary/aromatic N) is 1. The van der Waals surface area contributed by atoms with Gasteiger partial charge >= 0.3 is 5.97 Å². The minimum Gasteiger partial charge on any atom is -0.507 e. The van der Waals surface area contributed by atoms with Gasteiger partial charge in [0.2, 0.25) is 0 Å². The van der Waals surface area contributed by atoms with E-state index in [4.69, 9.17) is 14.2 Å². The van der Waals surface area contributed by atoms with Crippen molar-refractivity contribution in [1.29, 1.82) is 0 Å². The van der Waals surface area contributed by atoms with Gasteiger partial charge in [-0.1, -0.05) is 18.2 Å². The highest BCUT2D eigenvalue weighted by Crippen LogP contribution is 2.43. The standard InChI is InChI=1S/C30H29NO7/c1-17(2)38-24-13-12-20(14-18(24)3)27(32)25-26(19-8-7-11-23(16-19)36-4)31(29(34)28(25)33)22-10-6-9-21(15-22)30(35)37-5/h6-17,26,32H,1-5H3/b27-25+. The lowest BCUT2D eigenvalue weighted by molar-refractivity contribution is -0.132. The second-order valence-electron chi connectivity index (χ2n) is 9.13. The summed E-state index contributed by atoms with van der Waals surface area (Å²) in [5, 5.41) is 11.4. The normalized spacial score (nSPS) is 16.6. The number of amides is 1. The van der Waals surface area contributed by atoms with Crippen LogP contribution in [0.1, 0.15) is 46.9 Å². The van der Waals surface area contributed by atoms with Crippen LogP contribution in [0.4, 0.5) is 5.69 Å². The summed E-state index contributed by atoms with van der Waals surface area (Å²) in [7, 11) is 2.77. The summed E-state index contributed by atoms with van der Waals surface area (Å²) in [6.07, 6.45) is -0.0349. The Hall–Kier alpha value is -4.59. The summed E-state index contributed by atoms with van der Waals surface area (Å²) in [5.41, 5.74) is 2.12.